The first-order chi connectivity index (χ1) is 10.4. The van der Waals surface area contributed by atoms with Crippen LogP contribution in [-0.2, 0) is 0 Å². The van der Waals surface area contributed by atoms with E-state index in [-0.39, 0.29) is 12.8 Å². The molecule has 0 aliphatic heterocycles. The Morgan fingerprint density at radius 3 is 1.65 bits per heavy atom. The highest BCUT2D eigenvalue weighted by Gasteiger charge is 2.56. The lowest BCUT2D eigenvalue weighted by molar-refractivity contribution is -0.284. The molecular formula is C15H24F8. The predicted molar refractivity (Wildman–Crippen MR) is 72.7 cm³/mol. The van der Waals surface area contributed by atoms with Crippen molar-refractivity contribution in [2.24, 2.45) is 0 Å². The van der Waals surface area contributed by atoms with Gasteiger partial charge in [-0.3, -0.25) is 0 Å². The Morgan fingerprint density at radius 2 is 1.17 bits per heavy atom. The second kappa shape index (κ2) is 9.67. The van der Waals surface area contributed by atoms with Gasteiger partial charge in [0.2, 0.25) is 5.92 Å². The Hall–Kier alpha value is -0.560. The molecule has 0 nitrogen and oxygen atoms in total. The van der Waals surface area contributed by atoms with Gasteiger partial charge in [-0.2, -0.15) is 22.0 Å². The summed E-state index contributed by atoms with van der Waals surface area (Å²) in [5.74, 6) is -7.94. The molecule has 0 heterocycles. The largest absolute Gasteiger partial charge is 0.453 e. The molecule has 140 valence electrons. The average Bonchev–Trinajstić information content (AvgIpc) is 2.39. The Kier molecular flexibility index (Phi) is 9.43. The summed E-state index contributed by atoms with van der Waals surface area (Å²) in [6, 6.07) is 0. The van der Waals surface area contributed by atoms with Gasteiger partial charge in [-0.15, -0.1) is 0 Å². The van der Waals surface area contributed by atoms with Crippen molar-refractivity contribution in [1.29, 1.82) is 0 Å². The number of alkyl halides is 8. The third kappa shape index (κ3) is 10.0. The summed E-state index contributed by atoms with van der Waals surface area (Å²) in [6.45, 7) is 1.82. The standard InChI is InChI=1S/C15H24F8/c1-2-7-12(16)8-3-4-9-13(17,18)10-5-6-11-14(19,20)15(21,22)23/h12H,2-11H2,1H3. The van der Waals surface area contributed by atoms with E-state index in [1.165, 1.54) is 0 Å². The van der Waals surface area contributed by atoms with E-state index in [1.54, 1.807) is 0 Å². The highest BCUT2D eigenvalue weighted by Crippen LogP contribution is 2.39. The van der Waals surface area contributed by atoms with Crippen molar-refractivity contribution in [2.45, 2.75) is 95.3 Å². The fourth-order valence-electron chi connectivity index (χ4n) is 2.20. The first-order valence-electron chi connectivity index (χ1n) is 7.88. The summed E-state index contributed by atoms with van der Waals surface area (Å²) in [5, 5.41) is 0. The van der Waals surface area contributed by atoms with E-state index in [0.717, 1.165) is 0 Å². The SMILES string of the molecule is CCCC(F)CCCCC(F)(F)CCCCC(F)(F)C(F)(F)F. The van der Waals surface area contributed by atoms with Crippen LogP contribution in [0.5, 0.6) is 0 Å². The maximum absolute atomic E-state index is 13.4. The van der Waals surface area contributed by atoms with Crippen molar-refractivity contribution in [1.82, 2.24) is 0 Å². The van der Waals surface area contributed by atoms with E-state index in [9.17, 15) is 35.1 Å². The van der Waals surface area contributed by atoms with Gasteiger partial charge in [-0.25, -0.2) is 13.2 Å². The topological polar surface area (TPSA) is 0 Å². The third-order valence-electron chi connectivity index (χ3n) is 3.61. The van der Waals surface area contributed by atoms with Gasteiger partial charge in [0.25, 0.3) is 0 Å². The molecular weight excluding hydrogens is 332 g/mol. The Morgan fingerprint density at radius 1 is 0.696 bits per heavy atom. The van der Waals surface area contributed by atoms with Crippen LogP contribution in [0.1, 0.15) is 71.1 Å². The van der Waals surface area contributed by atoms with Crippen LogP contribution >= 0.6 is 0 Å². The van der Waals surface area contributed by atoms with E-state index >= 15 is 0 Å². The maximum atomic E-state index is 13.4. The smallest absolute Gasteiger partial charge is 0.247 e. The molecule has 0 aromatic heterocycles. The third-order valence-corrected chi connectivity index (χ3v) is 3.61. The summed E-state index contributed by atoms with van der Waals surface area (Å²) in [7, 11) is 0. The van der Waals surface area contributed by atoms with E-state index in [4.69, 9.17) is 0 Å². The van der Waals surface area contributed by atoms with Gasteiger partial charge in [-0.05, 0) is 32.1 Å². The second-order valence-electron chi connectivity index (χ2n) is 5.90. The molecule has 0 aromatic rings. The number of rotatable bonds is 12. The minimum absolute atomic E-state index is 0.107. The van der Waals surface area contributed by atoms with Gasteiger partial charge in [0, 0.05) is 19.3 Å². The van der Waals surface area contributed by atoms with Crippen molar-refractivity contribution in [3.63, 3.8) is 0 Å². The van der Waals surface area contributed by atoms with Gasteiger partial charge in [0.05, 0.1) is 0 Å². The molecule has 0 aliphatic rings. The molecule has 0 aromatic carbocycles. The van der Waals surface area contributed by atoms with Crippen LogP contribution in [0.2, 0.25) is 0 Å². The van der Waals surface area contributed by atoms with Crippen LogP contribution in [0.15, 0.2) is 0 Å². The average molecular weight is 356 g/mol. The molecule has 0 N–H and O–H groups in total. The lowest BCUT2D eigenvalue weighted by Crippen LogP contribution is -2.36. The Bertz CT molecular complexity index is 311. The fourth-order valence-corrected chi connectivity index (χ4v) is 2.20. The summed E-state index contributed by atoms with van der Waals surface area (Å²) >= 11 is 0. The van der Waals surface area contributed by atoms with Crippen molar-refractivity contribution in [3.05, 3.63) is 0 Å². The first-order valence-corrected chi connectivity index (χ1v) is 7.88. The van der Waals surface area contributed by atoms with Gasteiger partial charge in [-0.1, -0.05) is 19.8 Å². The molecule has 1 unspecified atom stereocenters. The van der Waals surface area contributed by atoms with Crippen LogP contribution in [0.4, 0.5) is 35.1 Å². The molecule has 0 saturated carbocycles. The van der Waals surface area contributed by atoms with Crippen LogP contribution in [0.3, 0.4) is 0 Å². The van der Waals surface area contributed by atoms with Crippen molar-refractivity contribution in [3.8, 4) is 0 Å². The maximum Gasteiger partial charge on any atom is 0.453 e. The molecule has 0 amide bonds. The summed E-state index contributed by atoms with van der Waals surface area (Å²) in [6.07, 6.45) is -8.67. The van der Waals surface area contributed by atoms with Crippen LogP contribution in [-0.4, -0.2) is 24.2 Å². The molecule has 0 spiro atoms. The molecule has 0 rings (SSSR count). The Labute approximate surface area is 131 Å². The fraction of sp³-hybridized carbons (Fsp3) is 1.00. The first kappa shape index (κ1) is 22.4. The second-order valence-corrected chi connectivity index (χ2v) is 5.90. The molecule has 0 bridgehead atoms. The number of hydrogen-bond acceptors (Lipinski definition) is 0. The number of unbranched alkanes of at least 4 members (excludes halogenated alkanes) is 2. The van der Waals surface area contributed by atoms with Gasteiger partial charge < -0.3 is 0 Å². The Balaban J connectivity index is 3.88. The number of hydrogen-bond donors (Lipinski definition) is 0. The van der Waals surface area contributed by atoms with Crippen molar-refractivity contribution >= 4 is 0 Å². The molecule has 0 aliphatic carbocycles. The lowest BCUT2D eigenvalue weighted by Gasteiger charge is -2.20. The van der Waals surface area contributed by atoms with Crippen LogP contribution in [0, 0.1) is 0 Å². The van der Waals surface area contributed by atoms with Crippen LogP contribution < -0.4 is 0 Å². The van der Waals surface area contributed by atoms with E-state index in [0.29, 0.717) is 19.3 Å². The normalized spacial score (nSPS) is 15.0. The monoisotopic (exact) mass is 356 g/mol. The highest BCUT2D eigenvalue weighted by atomic mass is 19.4. The molecule has 1 atom stereocenters. The zero-order chi connectivity index (χ0) is 18.1. The van der Waals surface area contributed by atoms with Crippen molar-refractivity contribution < 1.29 is 35.1 Å². The number of halogens is 8. The molecule has 23 heavy (non-hydrogen) atoms. The van der Waals surface area contributed by atoms with Gasteiger partial charge in [0.15, 0.2) is 0 Å². The summed E-state index contributed by atoms with van der Waals surface area (Å²) < 4.78 is 101. The van der Waals surface area contributed by atoms with E-state index in [1.807, 2.05) is 6.92 Å². The zero-order valence-electron chi connectivity index (χ0n) is 13.2. The predicted octanol–water partition coefficient (Wildman–Crippen LogP) is 7.08. The lowest BCUT2D eigenvalue weighted by atomic mass is 10.0. The van der Waals surface area contributed by atoms with E-state index in [2.05, 4.69) is 0 Å². The quantitative estimate of drug-likeness (QED) is 0.259. The van der Waals surface area contributed by atoms with Crippen molar-refractivity contribution in [2.75, 3.05) is 0 Å². The summed E-state index contributed by atoms with van der Waals surface area (Å²) in [5.41, 5.74) is 0. The van der Waals surface area contributed by atoms with E-state index < -0.39 is 56.3 Å². The molecule has 0 radical (unpaired) electrons. The minimum Gasteiger partial charge on any atom is -0.247 e. The summed E-state index contributed by atoms with van der Waals surface area (Å²) in [4.78, 5) is 0. The molecule has 8 heteroatoms. The van der Waals surface area contributed by atoms with Gasteiger partial charge in [0.1, 0.15) is 6.17 Å². The highest BCUT2D eigenvalue weighted by molar-refractivity contribution is 4.76. The molecule has 0 fully saturated rings. The van der Waals surface area contributed by atoms with Crippen LogP contribution in [0.25, 0.3) is 0 Å². The molecule has 0 saturated heterocycles. The van der Waals surface area contributed by atoms with Gasteiger partial charge >= 0.3 is 12.1 Å². The minimum atomic E-state index is -5.64. The zero-order valence-corrected chi connectivity index (χ0v) is 13.2.